The van der Waals surface area contributed by atoms with Crippen LogP contribution in [-0.2, 0) is 14.8 Å². The van der Waals surface area contributed by atoms with E-state index in [9.17, 15) is 13.2 Å². The summed E-state index contributed by atoms with van der Waals surface area (Å²) in [6.07, 6.45) is 2.88. The van der Waals surface area contributed by atoms with Gasteiger partial charge in [0.25, 0.3) is 5.89 Å². The van der Waals surface area contributed by atoms with Crippen molar-refractivity contribution in [3.63, 3.8) is 0 Å². The molecular formula is C16H14N4O5S. The van der Waals surface area contributed by atoms with Gasteiger partial charge in [0.1, 0.15) is 0 Å². The average molecular weight is 374 g/mol. The van der Waals surface area contributed by atoms with Crippen LogP contribution in [0, 0.1) is 0 Å². The standard InChI is InChI=1S/C16H14N4O5S/c21-14(22)6-9-18-26(23,24)13-3-1-2-12(10-13)15-19-16(25-20-15)11-4-7-17-8-5-11/h1-5,7-8,10,18H,6,9H2,(H,21,22). The van der Waals surface area contributed by atoms with Crippen LogP contribution in [0.1, 0.15) is 6.42 Å². The number of rotatable bonds is 7. The third kappa shape index (κ3) is 4.10. The van der Waals surface area contributed by atoms with Crippen LogP contribution in [0.3, 0.4) is 0 Å². The number of carboxylic acids is 1. The summed E-state index contributed by atoms with van der Waals surface area (Å²) in [5.74, 6) is -0.563. The predicted molar refractivity (Wildman–Crippen MR) is 90.4 cm³/mol. The largest absolute Gasteiger partial charge is 0.481 e. The van der Waals surface area contributed by atoms with Crippen molar-refractivity contribution in [3.05, 3.63) is 48.8 Å². The fraction of sp³-hybridized carbons (Fsp3) is 0.125. The number of aliphatic carboxylic acids is 1. The monoisotopic (exact) mass is 374 g/mol. The lowest BCUT2D eigenvalue weighted by molar-refractivity contribution is -0.136. The van der Waals surface area contributed by atoms with Gasteiger partial charge in [-0.05, 0) is 24.3 Å². The summed E-state index contributed by atoms with van der Waals surface area (Å²) in [6.45, 7) is -0.198. The molecule has 0 radical (unpaired) electrons. The Morgan fingerprint density at radius 3 is 2.65 bits per heavy atom. The first kappa shape index (κ1) is 17.7. The van der Waals surface area contributed by atoms with E-state index in [-0.39, 0.29) is 29.6 Å². The van der Waals surface area contributed by atoms with Crippen LogP contribution in [0.2, 0.25) is 0 Å². The molecule has 0 atom stereocenters. The van der Waals surface area contributed by atoms with Gasteiger partial charge in [0.15, 0.2) is 0 Å². The van der Waals surface area contributed by atoms with E-state index in [1.54, 1.807) is 36.7 Å². The highest BCUT2D eigenvalue weighted by atomic mass is 32.2. The molecule has 0 aliphatic carbocycles. The van der Waals surface area contributed by atoms with Gasteiger partial charge in [-0.15, -0.1) is 0 Å². The molecule has 0 spiro atoms. The van der Waals surface area contributed by atoms with Crippen LogP contribution in [0.25, 0.3) is 22.8 Å². The maximum atomic E-state index is 12.2. The van der Waals surface area contributed by atoms with Gasteiger partial charge in [-0.3, -0.25) is 9.78 Å². The van der Waals surface area contributed by atoms with Gasteiger partial charge in [0.05, 0.1) is 11.3 Å². The highest BCUT2D eigenvalue weighted by molar-refractivity contribution is 7.89. The molecule has 0 unspecified atom stereocenters. The Kier molecular flexibility index (Phi) is 5.05. The number of benzene rings is 1. The number of pyridine rings is 1. The number of nitrogens with one attached hydrogen (secondary N) is 1. The molecule has 9 nitrogen and oxygen atoms in total. The van der Waals surface area contributed by atoms with E-state index in [0.29, 0.717) is 11.1 Å². The summed E-state index contributed by atoms with van der Waals surface area (Å²) in [7, 11) is -3.84. The van der Waals surface area contributed by atoms with Crippen molar-refractivity contribution < 1.29 is 22.8 Å². The van der Waals surface area contributed by atoms with E-state index in [1.807, 2.05) is 0 Å². The minimum Gasteiger partial charge on any atom is -0.481 e. The molecule has 2 aromatic heterocycles. The maximum Gasteiger partial charge on any atom is 0.304 e. The van der Waals surface area contributed by atoms with E-state index >= 15 is 0 Å². The molecule has 26 heavy (non-hydrogen) atoms. The Morgan fingerprint density at radius 1 is 1.15 bits per heavy atom. The molecule has 2 N–H and O–H groups in total. The quantitative estimate of drug-likeness (QED) is 0.636. The Morgan fingerprint density at radius 2 is 1.92 bits per heavy atom. The average Bonchev–Trinajstić information content (AvgIpc) is 3.12. The molecule has 0 aliphatic heterocycles. The number of carboxylic acid groups (broad SMARTS) is 1. The highest BCUT2D eigenvalue weighted by Gasteiger charge is 2.17. The Balaban J connectivity index is 1.84. The Bertz CT molecular complexity index is 1020. The second kappa shape index (κ2) is 7.42. The van der Waals surface area contributed by atoms with Crippen LogP contribution in [0.4, 0.5) is 0 Å². The minimum absolute atomic E-state index is 0.0179. The van der Waals surface area contributed by atoms with E-state index in [4.69, 9.17) is 9.63 Å². The van der Waals surface area contributed by atoms with Gasteiger partial charge in [-0.1, -0.05) is 17.3 Å². The molecule has 0 saturated carbocycles. The lowest BCUT2D eigenvalue weighted by Crippen LogP contribution is -2.26. The smallest absolute Gasteiger partial charge is 0.304 e. The summed E-state index contributed by atoms with van der Waals surface area (Å²) in [5, 5.41) is 12.5. The third-order valence-electron chi connectivity index (χ3n) is 3.39. The molecule has 0 amide bonds. The first-order valence-electron chi connectivity index (χ1n) is 7.52. The molecule has 3 rings (SSSR count). The van der Waals surface area contributed by atoms with Gasteiger partial charge in [-0.2, -0.15) is 4.98 Å². The first-order valence-corrected chi connectivity index (χ1v) is 9.00. The highest BCUT2D eigenvalue weighted by Crippen LogP contribution is 2.23. The lowest BCUT2D eigenvalue weighted by Gasteiger charge is -2.06. The van der Waals surface area contributed by atoms with Crippen molar-refractivity contribution in [2.45, 2.75) is 11.3 Å². The zero-order valence-corrected chi connectivity index (χ0v) is 14.2. The van der Waals surface area contributed by atoms with Crippen molar-refractivity contribution in [2.75, 3.05) is 6.54 Å². The Hall–Kier alpha value is -3.11. The molecule has 1 aromatic carbocycles. The van der Waals surface area contributed by atoms with E-state index in [1.165, 1.54) is 12.1 Å². The van der Waals surface area contributed by atoms with Crippen molar-refractivity contribution in [1.82, 2.24) is 19.8 Å². The number of carbonyl (C=O) groups is 1. The predicted octanol–water partition coefficient (Wildman–Crippen LogP) is 1.55. The molecule has 2 heterocycles. The summed E-state index contributed by atoms with van der Waals surface area (Å²) in [6, 6.07) is 9.41. The van der Waals surface area contributed by atoms with Crippen molar-refractivity contribution in [2.24, 2.45) is 0 Å². The zero-order chi connectivity index (χ0) is 18.6. The number of sulfonamides is 1. The summed E-state index contributed by atoms with van der Waals surface area (Å²) >= 11 is 0. The summed E-state index contributed by atoms with van der Waals surface area (Å²) < 4.78 is 31.9. The number of nitrogens with zero attached hydrogens (tertiary/aromatic N) is 3. The Labute approximate surface area is 148 Å². The van der Waals surface area contributed by atoms with Crippen LogP contribution < -0.4 is 4.72 Å². The third-order valence-corrected chi connectivity index (χ3v) is 4.85. The van der Waals surface area contributed by atoms with Crippen LogP contribution in [0.15, 0.2) is 58.2 Å². The summed E-state index contributed by atoms with van der Waals surface area (Å²) in [4.78, 5) is 18.7. The fourth-order valence-corrected chi connectivity index (χ4v) is 3.21. The molecular weight excluding hydrogens is 360 g/mol. The van der Waals surface area contributed by atoms with Crippen molar-refractivity contribution in [3.8, 4) is 22.8 Å². The van der Waals surface area contributed by atoms with E-state index in [2.05, 4.69) is 19.8 Å². The molecule has 10 heteroatoms. The molecule has 0 bridgehead atoms. The van der Waals surface area contributed by atoms with Gasteiger partial charge >= 0.3 is 5.97 Å². The van der Waals surface area contributed by atoms with E-state index < -0.39 is 16.0 Å². The molecule has 3 aromatic rings. The van der Waals surface area contributed by atoms with Crippen molar-refractivity contribution >= 4 is 16.0 Å². The minimum atomic E-state index is -3.84. The van der Waals surface area contributed by atoms with Crippen molar-refractivity contribution in [1.29, 1.82) is 0 Å². The molecule has 0 saturated heterocycles. The van der Waals surface area contributed by atoms with Gasteiger partial charge in [0.2, 0.25) is 15.8 Å². The lowest BCUT2D eigenvalue weighted by atomic mass is 10.2. The van der Waals surface area contributed by atoms with Crippen LogP contribution in [0.5, 0.6) is 0 Å². The number of hydrogen-bond donors (Lipinski definition) is 2. The SMILES string of the molecule is O=C(O)CCNS(=O)(=O)c1cccc(-c2noc(-c3ccncc3)n2)c1. The molecule has 0 aliphatic rings. The number of aromatic nitrogens is 3. The first-order chi connectivity index (χ1) is 12.5. The topological polar surface area (TPSA) is 135 Å². The van der Waals surface area contributed by atoms with Gasteiger partial charge in [0, 0.05) is 30.1 Å². The zero-order valence-electron chi connectivity index (χ0n) is 13.4. The maximum absolute atomic E-state index is 12.2. The summed E-state index contributed by atoms with van der Waals surface area (Å²) in [5.41, 5.74) is 1.15. The number of hydrogen-bond acceptors (Lipinski definition) is 7. The van der Waals surface area contributed by atoms with Crippen LogP contribution in [-0.4, -0.2) is 41.2 Å². The normalized spacial score (nSPS) is 11.4. The molecule has 0 fully saturated rings. The molecule has 134 valence electrons. The second-order valence-electron chi connectivity index (χ2n) is 5.23. The van der Waals surface area contributed by atoms with E-state index in [0.717, 1.165) is 0 Å². The van der Waals surface area contributed by atoms with Gasteiger partial charge in [-0.25, -0.2) is 13.1 Å². The van der Waals surface area contributed by atoms with Crippen LogP contribution >= 0.6 is 0 Å². The second-order valence-corrected chi connectivity index (χ2v) is 7.00. The van der Waals surface area contributed by atoms with Gasteiger partial charge < -0.3 is 9.63 Å². The fourth-order valence-electron chi connectivity index (χ4n) is 2.13.